The second-order valence-electron chi connectivity index (χ2n) is 6.49. The van der Waals surface area contributed by atoms with Gasteiger partial charge in [-0.15, -0.1) is 0 Å². The summed E-state index contributed by atoms with van der Waals surface area (Å²) in [4.78, 5) is 15.0. The minimum absolute atomic E-state index is 0.710. The lowest BCUT2D eigenvalue weighted by atomic mass is 9.94. The first-order valence-electron chi connectivity index (χ1n) is 8.59. The zero-order valence-electron chi connectivity index (χ0n) is 13.8. The lowest BCUT2D eigenvalue weighted by Gasteiger charge is -2.32. The molecule has 0 saturated carbocycles. The molecule has 1 fully saturated rings. The summed E-state index contributed by atoms with van der Waals surface area (Å²) in [6.45, 7) is 4.50. The summed E-state index contributed by atoms with van der Waals surface area (Å²) in [6, 6.07) is 9.87. The Morgan fingerprint density at radius 2 is 2.04 bits per heavy atom. The fourth-order valence-electron chi connectivity index (χ4n) is 3.40. The Hall–Kier alpha value is -2.07. The third kappa shape index (κ3) is 2.98. The Balaban J connectivity index is 1.54. The number of hydrogen-bond donors (Lipinski definition) is 1. The van der Waals surface area contributed by atoms with E-state index in [1.165, 1.54) is 19.3 Å². The van der Waals surface area contributed by atoms with Gasteiger partial charge in [0.05, 0.1) is 11.0 Å². The number of aromatic amines is 1. The number of anilines is 1. The van der Waals surface area contributed by atoms with Crippen LogP contribution in [0.25, 0.3) is 22.4 Å². The van der Waals surface area contributed by atoms with Crippen molar-refractivity contribution < 1.29 is 0 Å². The van der Waals surface area contributed by atoms with E-state index in [2.05, 4.69) is 38.9 Å². The molecule has 1 aliphatic rings. The second-order valence-corrected chi connectivity index (χ2v) is 6.93. The highest BCUT2D eigenvalue weighted by atomic mass is 35.5. The highest BCUT2D eigenvalue weighted by molar-refractivity contribution is 6.31. The molecule has 1 aliphatic heterocycles. The molecule has 3 aromatic rings. The molecule has 0 amide bonds. The molecule has 4 rings (SSSR count). The smallest absolute Gasteiger partial charge is 0.140 e. The summed E-state index contributed by atoms with van der Waals surface area (Å²) in [5.41, 5.74) is 2.86. The SMILES string of the molecule is CCC1CCN(c2ccc(-c3nc4ccc(Cl)cc4[nH]3)cn2)CC1. The van der Waals surface area contributed by atoms with Crippen LogP contribution in [0.3, 0.4) is 0 Å². The summed E-state index contributed by atoms with van der Waals surface area (Å²) in [6.07, 6.45) is 5.73. The van der Waals surface area contributed by atoms with Gasteiger partial charge in [0.25, 0.3) is 0 Å². The summed E-state index contributed by atoms with van der Waals surface area (Å²) in [7, 11) is 0. The minimum Gasteiger partial charge on any atom is -0.357 e. The van der Waals surface area contributed by atoms with E-state index in [1.807, 2.05) is 24.4 Å². The fraction of sp³-hybridized carbons (Fsp3) is 0.368. The molecule has 4 nitrogen and oxygen atoms in total. The maximum Gasteiger partial charge on any atom is 0.140 e. The van der Waals surface area contributed by atoms with Crippen LogP contribution >= 0.6 is 11.6 Å². The highest BCUT2D eigenvalue weighted by Gasteiger charge is 2.18. The van der Waals surface area contributed by atoms with E-state index in [9.17, 15) is 0 Å². The predicted octanol–water partition coefficient (Wildman–Crippen LogP) is 4.90. The van der Waals surface area contributed by atoms with Gasteiger partial charge in [-0.25, -0.2) is 9.97 Å². The van der Waals surface area contributed by atoms with Crippen LogP contribution in [0.5, 0.6) is 0 Å². The van der Waals surface area contributed by atoms with Crippen LogP contribution in [-0.4, -0.2) is 28.0 Å². The lowest BCUT2D eigenvalue weighted by Crippen LogP contribution is -2.33. The fourth-order valence-corrected chi connectivity index (χ4v) is 3.57. The molecule has 0 atom stereocenters. The van der Waals surface area contributed by atoms with Gasteiger partial charge < -0.3 is 9.88 Å². The average molecular weight is 341 g/mol. The Bertz CT molecular complexity index is 832. The predicted molar refractivity (Wildman–Crippen MR) is 99.6 cm³/mol. The molecule has 0 radical (unpaired) electrons. The second kappa shape index (κ2) is 6.44. The largest absolute Gasteiger partial charge is 0.357 e. The highest BCUT2D eigenvalue weighted by Crippen LogP contribution is 2.26. The molecule has 1 saturated heterocycles. The molecule has 2 aromatic heterocycles. The van der Waals surface area contributed by atoms with Crippen molar-refractivity contribution in [2.24, 2.45) is 5.92 Å². The van der Waals surface area contributed by atoms with Gasteiger partial charge in [0, 0.05) is 29.9 Å². The van der Waals surface area contributed by atoms with Gasteiger partial charge in [0.2, 0.25) is 0 Å². The molecule has 5 heteroatoms. The number of fused-ring (bicyclic) bond motifs is 1. The van der Waals surface area contributed by atoms with Gasteiger partial charge in [0.15, 0.2) is 0 Å². The molecule has 124 valence electrons. The maximum absolute atomic E-state index is 6.04. The van der Waals surface area contributed by atoms with Gasteiger partial charge >= 0.3 is 0 Å². The van der Waals surface area contributed by atoms with E-state index in [-0.39, 0.29) is 0 Å². The van der Waals surface area contributed by atoms with E-state index in [4.69, 9.17) is 11.6 Å². The van der Waals surface area contributed by atoms with Crippen LogP contribution < -0.4 is 4.90 Å². The first-order chi connectivity index (χ1) is 11.7. The van der Waals surface area contributed by atoms with Crippen LogP contribution in [0.1, 0.15) is 26.2 Å². The number of nitrogens with zero attached hydrogens (tertiary/aromatic N) is 3. The molecular weight excluding hydrogens is 320 g/mol. The zero-order chi connectivity index (χ0) is 16.5. The quantitative estimate of drug-likeness (QED) is 0.737. The van der Waals surface area contributed by atoms with Crippen molar-refractivity contribution in [2.75, 3.05) is 18.0 Å². The molecule has 0 aliphatic carbocycles. The number of rotatable bonds is 3. The van der Waals surface area contributed by atoms with Crippen molar-refractivity contribution in [1.29, 1.82) is 0 Å². The number of hydrogen-bond acceptors (Lipinski definition) is 3. The Morgan fingerprint density at radius 1 is 1.21 bits per heavy atom. The monoisotopic (exact) mass is 340 g/mol. The van der Waals surface area contributed by atoms with E-state index in [0.717, 1.165) is 47.2 Å². The van der Waals surface area contributed by atoms with Gasteiger partial charge in [-0.1, -0.05) is 24.9 Å². The number of aromatic nitrogens is 3. The van der Waals surface area contributed by atoms with Crippen LogP contribution in [0.4, 0.5) is 5.82 Å². The molecule has 24 heavy (non-hydrogen) atoms. The van der Waals surface area contributed by atoms with E-state index in [1.54, 1.807) is 0 Å². The van der Waals surface area contributed by atoms with Crippen molar-refractivity contribution in [3.05, 3.63) is 41.6 Å². The van der Waals surface area contributed by atoms with Crippen molar-refractivity contribution in [2.45, 2.75) is 26.2 Å². The Morgan fingerprint density at radius 3 is 2.75 bits per heavy atom. The van der Waals surface area contributed by atoms with Gasteiger partial charge in [-0.3, -0.25) is 0 Å². The summed E-state index contributed by atoms with van der Waals surface area (Å²) >= 11 is 6.04. The first kappa shape index (κ1) is 15.5. The standard InChI is InChI=1S/C19H21ClN4/c1-2-13-7-9-24(10-8-13)18-6-3-14(12-21-18)19-22-16-5-4-15(20)11-17(16)23-19/h3-6,11-13H,2,7-10H2,1H3,(H,22,23). The molecule has 0 unspecified atom stereocenters. The normalized spacial score (nSPS) is 16.0. The van der Waals surface area contributed by atoms with Gasteiger partial charge in [-0.2, -0.15) is 0 Å². The molecule has 0 spiro atoms. The van der Waals surface area contributed by atoms with Crippen LogP contribution in [-0.2, 0) is 0 Å². The number of imidazole rings is 1. The van der Waals surface area contributed by atoms with Crippen molar-refractivity contribution >= 4 is 28.5 Å². The molecule has 1 aromatic carbocycles. The van der Waals surface area contributed by atoms with E-state index in [0.29, 0.717) is 5.02 Å². The van der Waals surface area contributed by atoms with Gasteiger partial charge in [-0.05, 0) is 49.1 Å². The summed E-state index contributed by atoms with van der Waals surface area (Å²) in [5, 5.41) is 0.710. The summed E-state index contributed by atoms with van der Waals surface area (Å²) < 4.78 is 0. The van der Waals surface area contributed by atoms with Crippen molar-refractivity contribution in [3.63, 3.8) is 0 Å². The Labute approximate surface area is 146 Å². The minimum atomic E-state index is 0.710. The number of pyridine rings is 1. The Kier molecular flexibility index (Phi) is 4.15. The summed E-state index contributed by atoms with van der Waals surface area (Å²) in [5.74, 6) is 2.77. The molecule has 1 N–H and O–H groups in total. The van der Waals surface area contributed by atoms with Crippen molar-refractivity contribution in [3.8, 4) is 11.4 Å². The van der Waals surface area contributed by atoms with Crippen LogP contribution in [0, 0.1) is 5.92 Å². The average Bonchev–Trinajstić information content (AvgIpc) is 3.05. The molecule has 3 heterocycles. The van der Waals surface area contributed by atoms with Crippen LogP contribution in [0.15, 0.2) is 36.5 Å². The number of H-pyrrole nitrogens is 1. The zero-order valence-corrected chi connectivity index (χ0v) is 14.6. The molecular formula is C19H21ClN4. The third-order valence-corrected chi connectivity index (χ3v) is 5.22. The number of halogens is 1. The third-order valence-electron chi connectivity index (χ3n) is 4.98. The number of nitrogens with one attached hydrogen (secondary N) is 1. The van der Waals surface area contributed by atoms with Crippen molar-refractivity contribution in [1.82, 2.24) is 15.0 Å². The molecule has 0 bridgehead atoms. The van der Waals surface area contributed by atoms with E-state index < -0.39 is 0 Å². The maximum atomic E-state index is 6.04. The van der Waals surface area contributed by atoms with Crippen LogP contribution in [0.2, 0.25) is 5.02 Å². The van der Waals surface area contributed by atoms with Gasteiger partial charge in [0.1, 0.15) is 11.6 Å². The number of benzene rings is 1. The number of piperidine rings is 1. The topological polar surface area (TPSA) is 44.8 Å². The first-order valence-corrected chi connectivity index (χ1v) is 8.97. The lowest BCUT2D eigenvalue weighted by molar-refractivity contribution is 0.394. The van der Waals surface area contributed by atoms with E-state index >= 15 is 0 Å².